The summed E-state index contributed by atoms with van der Waals surface area (Å²) in [7, 11) is 0. The Morgan fingerprint density at radius 1 is 0.806 bits per heavy atom. The summed E-state index contributed by atoms with van der Waals surface area (Å²) < 4.78 is 22.5. The Balaban J connectivity index is 0. The number of hydrogen-bond acceptors (Lipinski definition) is 4. The minimum atomic E-state index is -1.65. The van der Waals surface area contributed by atoms with Crippen LogP contribution in [-0.2, 0) is 31.0 Å². The molecule has 0 heterocycles. The van der Waals surface area contributed by atoms with Gasteiger partial charge in [-0.15, -0.1) is 0 Å². The quantitative estimate of drug-likeness (QED) is 0.364. The number of hydrogen-bond donors (Lipinski definition) is 0. The van der Waals surface area contributed by atoms with Crippen LogP contribution in [0.3, 0.4) is 0 Å². The largest absolute Gasteiger partial charge is 0 e. The topological polar surface area (TPSA) is 155 Å². The summed E-state index contributed by atoms with van der Waals surface area (Å²) in [5.74, 6) is -0.765. The van der Waals surface area contributed by atoms with Gasteiger partial charge in [0.25, 0.3) is 0 Å². The first-order chi connectivity index (χ1) is 14.7. The van der Waals surface area contributed by atoms with Crippen LogP contribution in [0.5, 0.6) is 0 Å². The summed E-state index contributed by atoms with van der Waals surface area (Å²) in [6.45, 7) is 13.5. The molecule has 0 radical (unpaired) electrons. The second kappa shape index (κ2) is 14.4. The van der Waals surface area contributed by atoms with Crippen LogP contribution in [-0.4, -0.2) is 0 Å². The monoisotopic (exact) mass is 450 g/mol. The van der Waals surface area contributed by atoms with Gasteiger partial charge < -0.3 is 0 Å². The summed E-state index contributed by atoms with van der Waals surface area (Å²) in [6, 6.07) is 17.9. The van der Waals surface area contributed by atoms with Crippen LogP contribution in [0.15, 0.2) is 48.6 Å². The van der Waals surface area contributed by atoms with Gasteiger partial charge in [-0.1, -0.05) is 48.6 Å². The van der Waals surface area contributed by atoms with E-state index >= 15 is 0 Å². The minimum Gasteiger partial charge on any atom is 0 e. The second-order valence-electron chi connectivity index (χ2n) is 6.23. The molecule has 7 nitrogen and oxygen atoms in total. The van der Waals surface area contributed by atoms with E-state index in [1.807, 2.05) is 72.8 Å². The third-order valence-electron chi connectivity index (χ3n) is 5.24. The van der Waals surface area contributed by atoms with Gasteiger partial charge in [0.2, 0.25) is 0 Å². The van der Waals surface area contributed by atoms with E-state index in [2.05, 4.69) is 20.0 Å². The molecule has 1 aromatic carbocycles. The van der Waals surface area contributed by atoms with E-state index in [9.17, 15) is 21.0 Å². The number of allylic oxidation sites excluding steroid dienone is 4. The molecular weight excluding hydrogens is 436 g/mol. The van der Waals surface area contributed by atoms with Gasteiger partial charge in [-0.2, -0.15) is 21.0 Å². The SMILES string of the molecule is N#CC1(C#N)C2/C=C(c3ccccc3)\C=C/CC(C2)C1(C#N)C#N.[C-]#[O+].[C-]#[O+].[C-]#[O+].[Fe]. The Morgan fingerprint density at radius 3 is 1.74 bits per heavy atom. The number of nitrogens with zero attached hydrogens (tertiary/aromatic N) is 4. The van der Waals surface area contributed by atoms with Crippen LogP contribution >= 0.6 is 0 Å². The van der Waals surface area contributed by atoms with E-state index in [1.54, 1.807) is 0 Å². The van der Waals surface area contributed by atoms with Crippen molar-refractivity contribution in [1.82, 2.24) is 0 Å². The molecule has 0 saturated heterocycles. The molecule has 8 heteroatoms. The van der Waals surface area contributed by atoms with Crippen molar-refractivity contribution in [3.8, 4) is 24.3 Å². The maximum absolute atomic E-state index is 9.78. The minimum absolute atomic E-state index is 0. The van der Waals surface area contributed by atoms with E-state index in [0.29, 0.717) is 12.8 Å². The zero-order chi connectivity index (χ0) is 23.2. The molecule has 1 fully saturated rings. The Kier molecular flexibility index (Phi) is 13.7. The van der Waals surface area contributed by atoms with Crippen molar-refractivity contribution < 1.29 is 31.0 Å². The molecule has 1 aromatic rings. The fourth-order valence-electron chi connectivity index (χ4n) is 3.95. The number of fused-ring (bicyclic) bond motifs is 2. The number of rotatable bonds is 1. The maximum atomic E-state index is 9.78. The van der Waals surface area contributed by atoms with Crippen molar-refractivity contribution in [2.75, 3.05) is 0 Å². The van der Waals surface area contributed by atoms with Crippen LogP contribution in [0.4, 0.5) is 0 Å². The van der Waals surface area contributed by atoms with E-state index in [-0.39, 0.29) is 23.0 Å². The van der Waals surface area contributed by atoms with Gasteiger partial charge in [-0.25, -0.2) is 0 Å². The van der Waals surface area contributed by atoms with Crippen LogP contribution in [0.2, 0.25) is 0 Å². The molecule has 2 aliphatic rings. The molecule has 2 bridgehead atoms. The molecule has 2 aliphatic carbocycles. The molecule has 152 valence electrons. The Morgan fingerprint density at radius 2 is 1.29 bits per heavy atom. The van der Waals surface area contributed by atoms with E-state index in [0.717, 1.165) is 11.1 Å². The van der Waals surface area contributed by atoms with Gasteiger partial charge in [0.1, 0.15) is 0 Å². The van der Waals surface area contributed by atoms with Crippen molar-refractivity contribution in [3.63, 3.8) is 0 Å². The molecule has 0 N–H and O–H groups in total. The van der Waals surface area contributed by atoms with Crippen LogP contribution < -0.4 is 0 Å². The van der Waals surface area contributed by atoms with Crippen LogP contribution in [0, 0.1) is 87.9 Å². The molecule has 2 atom stereocenters. The van der Waals surface area contributed by atoms with Gasteiger partial charge in [0, 0.05) is 23.0 Å². The van der Waals surface area contributed by atoms with E-state index in [1.165, 1.54) is 0 Å². The normalized spacial score (nSPS) is 22.8. The third-order valence-corrected chi connectivity index (χ3v) is 5.24. The molecule has 31 heavy (non-hydrogen) atoms. The molecule has 0 spiro atoms. The molecule has 1 saturated carbocycles. The van der Waals surface area contributed by atoms with Crippen LogP contribution in [0.25, 0.3) is 5.57 Å². The summed E-state index contributed by atoms with van der Waals surface area (Å²) in [5.41, 5.74) is -1.34. The van der Waals surface area contributed by atoms with E-state index in [4.69, 9.17) is 14.0 Å². The molecule has 2 unspecified atom stereocenters. The zero-order valence-electron chi connectivity index (χ0n) is 16.1. The Labute approximate surface area is 191 Å². The second-order valence-corrected chi connectivity index (χ2v) is 6.23. The molecule has 0 aromatic heterocycles. The fraction of sp³-hybridized carbons (Fsp3) is 0.261. The maximum Gasteiger partial charge on any atom is 0 e. The average Bonchev–Trinajstić information content (AvgIpc) is 3.12. The summed E-state index contributed by atoms with van der Waals surface area (Å²) in [5, 5.41) is 39.0. The van der Waals surface area contributed by atoms with Gasteiger partial charge in [0.05, 0.1) is 24.3 Å². The number of nitriles is 4. The Bertz CT molecular complexity index is 985. The summed E-state index contributed by atoms with van der Waals surface area (Å²) in [6.07, 6.45) is 6.78. The number of benzene rings is 1. The molecule has 0 aliphatic heterocycles. The van der Waals surface area contributed by atoms with Gasteiger partial charge >= 0.3 is 33.9 Å². The molecular formula is C23H14FeN4O3. The first kappa shape index (κ1) is 29.6. The van der Waals surface area contributed by atoms with Crippen molar-refractivity contribution >= 4 is 5.57 Å². The first-order valence-corrected chi connectivity index (χ1v) is 8.37. The van der Waals surface area contributed by atoms with Gasteiger partial charge in [-0.3, -0.25) is 0 Å². The van der Waals surface area contributed by atoms with Crippen molar-refractivity contribution in [3.05, 3.63) is 74.1 Å². The summed E-state index contributed by atoms with van der Waals surface area (Å²) in [4.78, 5) is 0. The average molecular weight is 450 g/mol. The van der Waals surface area contributed by atoms with E-state index < -0.39 is 16.7 Å². The Hall–Kier alpha value is -3.60. The molecule has 3 rings (SSSR count). The zero-order valence-corrected chi connectivity index (χ0v) is 17.2. The predicted octanol–water partition coefficient (Wildman–Crippen LogP) is 3.62. The van der Waals surface area contributed by atoms with Crippen molar-refractivity contribution in [2.24, 2.45) is 22.7 Å². The smallest absolute Gasteiger partial charge is 0 e. The van der Waals surface area contributed by atoms with Gasteiger partial charge in [-0.05, 0) is 29.9 Å². The van der Waals surface area contributed by atoms with Crippen LogP contribution in [0.1, 0.15) is 18.4 Å². The van der Waals surface area contributed by atoms with Crippen molar-refractivity contribution in [1.29, 1.82) is 21.0 Å². The van der Waals surface area contributed by atoms with Crippen molar-refractivity contribution in [2.45, 2.75) is 12.8 Å². The summed E-state index contributed by atoms with van der Waals surface area (Å²) >= 11 is 0. The fourth-order valence-corrected chi connectivity index (χ4v) is 3.95. The third kappa shape index (κ3) is 5.12. The standard InChI is InChI=1S/C20H14N4.3CO.Fe/c21-11-19(12-22)17-8-4-7-16(15-5-2-1-3-6-15)9-18(10-17)20(19,13-23)14-24;3*1-2;/h1-7,9,17-18H,8,10H2;;;;/b7-4-,16-9+;;;;. The first-order valence-electron chi connectivity index (χ1n) is 8.37. The predicted molar refractivity (Wildman–Crippen MR) is 98.9 cm³/mol. The molecule has 0 amide bonds. The van der Waals surface area contributed by atoms with Gasteiger partial charge in [0.15, 0.2) is 10.8 Å².